The van der Waals surface area contributed by atoms with Gasteiger partial charge in [0, 0.05) is 44.3 Å². The van der Waals surface area contributed by atoms with E-state index in [4.69, 9.17) is 8.83 Å². The van der Waals surface area contributed by atoms with Gasteiger partial charge in [-0.15, -0.1) is 0 Å². The molecular formula is C75H48N2O2. The minimum atomic E-state index is -0.639. The van der Waals surface area contributed by atoms with Gasteiger partial charge < -0.3 is 18.6 Å². The van der Waals surface area contributed by atoms with Crippen LogP contribution in [0.4, 0.5) is 34.1 Å². The molecule has 0 saturated heterocycles. The number of rotatable bonds is 6. The standard InChI is InChI=1S/C75H48N2O2/c1-45-19-15-29-58-60-31-17-35-67(73(60)78-71(45)58)76(49-21-5-3-6-22-49)51-38-37-47-42-63-66(43-48(47)41-51)75(64-33-13-11-26-54(64)55-27-12-14-34-65(55)75)70-57-40-39-52(44-62(57)53-25-9-10-28-56(53)69(63)70)77(50-23-7-4-8-24-50)68-36-18-32-61-59-30-16-20-46(2)72(59)79-74(61)68/h3-44H,1-2H3. The fourth-order valence-corrected chi connectivity index (χ4v) is 14.1. The van der Waals surface area contributed by atoms with Gasteiger partial charge in [0.1, 0.15) is 11.2 Å². The van der Waals surface area contributed by atoms with Crippen LogP contribution in [0.5, 0.6) is 0 Å². The zero-order valence-electron chi connectivity index (χ0n) is 43.5. The molecule has 17 rings (SSSR count). The van der Waals surface area contributed by atoms with E-state index in [1.165, 1.54) is 76.8 Å². The number of anilines is 6. The maximum Gasteiger partial charge on any atom is 0.159 e. The molecule has 0 atom stereocenters. The summed E-state index contributed by atoms with van der Waals surface area (Å²) in [6.45, 7) is 4.26. The average Bonchev–Trinajstić information content (AvgIpc) is 2.28. The molecule has 0 radical (unpaired) electrons. The summed E-state index contributed by atoms with van der Waals surface area (Å²) in [5, 5.41) is 11.7. The highest BCUT2D eigenvalue weighted by atomic mass is 16.3. The van der Waals surface area contributed by atoms with E-state index in [2.05, 4.69) is 278 Å². The van der Waals surface area contributed by atoms with Crippen molar-refractivity contribution in [1.82, 2.24) is 0 Å². The summed E-state index contributed by atoms with van der Waals surface area (Å²) >= 11 is 0. The van der Waals surface area contributed by atoms with E-state index in [1.54, 1.807) is 0 Å². The lowest BCUT2D eigenvalue weighted by atomic mass is 9.69. The molecule has 15 aromatic rings. The maximum absolute atomic E-state index is 6.90. The van der Waals surface area contributed by atoms with Crippen LogP contribution in [0.1, 0.15) is 33.4 Å². The Bertz CT molecular complexity index is 5020. The van der Waals surface area contributed by atoms with E-state index in [0.717, 1.165) is 89.1 Å². The molecule has 4 nitrogen and oxygen atoms in total. The van der Waals surface area contributed by atoms with Crippen LogP contribution in [0, 0.1) is 13.8 Å². The molecule has 0 bridgehead atoms. The van der Waals surface area contributed by atoms with Crippen molar-refractivity contribution in [2.45, 2.75) is 19.3 Å². The number of benzene rings is 13. The van der Waals surface area contributed by atoms with Crippen molar-refractivity contribution in [3.05, 3.63) is 288 Å². The fourth-order valence-electron chi connectivity index (χ4n) is 14.1. The van der Waals surface area contributed by atoms with Crippen molar-refractivity contribution in [3.8, 4) is 22.3 Å². The van der Waals surface area contributed by atoms with Crippen molar-refractivity contribution in [2.24, 2.45) is 0 Å². The Morgan fingerprint density at radius 2 is 0.772 bits per heavy atom. The van der Waals surface area contributed by atoms with Gasteiger partial charge in [0.2, 0.25) is 0 Å². The summed E-state index contributed by atoms with van der Waals surface area (Å²) in [6.07, 6.45) is 0. The highest BCUT2D eigenvalue weighted by Crippen LogP contribution is 2.66. The first-order valence-corrected chi connectivity index (χ1v) is 27.3. The number of hydrogen-bond acceptors (Lipinski definition) is 4. The van der Waals surface area contributed by atoms with E-state index in [-0.39, 0.29) is 0 Å². The number of hydrogen-bond donors (Lipinski definition) is 0. The van der Waals surface area contributed by atoms with Crippen molar-refractivity contribution in [1.29, 1.82) is 0 Å². The molecule has 0 saturated carbocycles. The quantitative estimate of drug-likeness (QED) is 0.155. The van der Waals surface area contributed by atoms with Crippen molar-refractivity contribution < 1.29 is 8.83 Å². The third kappa shape index (κ3) is 6.03. The second kappa shape index (κ2) is 16.4. The van der Waals surface area contributed by atoms with Gasteiger partial charge in [-0.3, -0.25) is 0 Å². The van der Waals surface area contributed by atoms with Crippen LogP contribution < -0.4 is 9.80 Å². The smallest absolute Gasteiger partial charge is 0.159 e. The summed E-state index contributed by atoms with van der Waals surface area (Å²) in [5.41, 5.74) is 21.8. The molecule has 0 amide bonds. The van der Waals surface area contributed by atoms with Gasteiger partial charge in [-0.2, -0.15) is 0 Å². The van der Waals surface area contributed by atoms with E-state index >= 15 is 0 Å². The molecule has 79 heavy (non-hydrogen) atoms. The molecule has 2 heterocycles. The number of fused-ring (bicyclic) bond motifs is 22. The van der Waals surface area contributed by atoms with E-state index in [9.17, 15) is 0 Å². The Hall–Kier alpha value is -10.2. The monoisotopic (exact) mass is 1010 g/mol. The van der Waals surface area contributed by atoms with Crippen LogP contribution in [0.25, 0.3) is 98.4 Å². The molecule has 2 aliphatic rings. The summed E-state index contributed by atoms with van der Waals surface area (Å²) < 4.78 is 13.8. The largest absolute Gasteiger partial charge is 0.454 e. The molecule has 0 unspecified atom stereocenters. The average molecular weight is 1010 g/mol. The zero-order valence-corrected chi connectivity index (χ0v) is 43.5. The third-order valence-electron chi connectivity index (χ3n) is 17.4. The highest BCUT2D eigenvalue weighted by molar-refractivity contribution is 6.22. The van der Waals surface area contributed by atoms with E-state index < -0.39 is 5.41 Å². The van der Waals surface area contributed by atoms with Crippen LogP contribution in [0.2, 0.25) is 0 Å². The summed E-state index contributed by atoms with van der Waals surface area (Å²) in [4.78, 5) is 4.75. The van der Waals surface area contributed by atoms with Gasteiger partial charge >= 0.3 is 0 Å². The van der Waals surface area contributed by atoms with Gasteiger partial charge in [-0.1, -0.05) is 182 Å². The first kappa shape index (κ1) is 44.0. The normalized spacial score (nSPS) is 13.0. The van der Waals surface area contributed by atoms with Gasteiger partial charge in [0.05, 0.1) is 16.8 Å². The van der Waals surface area contributed by atoms with Gasteiger partial charge in [-0.05, 0) is 175 Å². The van der Waals surface area contributed by atoms with Crippen molar-refractivity contribution in [2.75, 3.05) is 9.80 Å². The summed E-state index contributed by atoms with van der Waals surface area (Å²) in [5.74, 6) is 0. The van der Waals surface area contributed by atoms with Crippen LogP contribution in [0.15, 0.2) is 264 Å². The predicted molar refractivity (Wildman–Crippen MR) is 329 cm³/mol. The van der Waals surface area contributed by atoms with E-state index in [0.29, 0.717) is 0 Å². The minimum absolute atomic E-state index is 0.639. The molecular weight excluding hydrogens is 961 g/mol. The minimum Gasteiger partial charge on any atom is -0.454 e. The summed E-state index contributed by atoms with van der Waals surface area (Å²) in [7, 11) is 0. The number of para-hydroxylation sites is 6. The van der Waals surface area contributed by atoms with Gasteiger partial charge in [0.25, 0.3) is 0 Å². The van der Waals surface area contributed by atoms with Crippen LogP contribution in [0.3, 0.4) is 0 Å². The first-order chi connectivity index (χ1) is 39.0. The molecule has 4 heteroatoms. The lowest BCUT2D eigenvalue weighted by Crippen LogP contribution is -2.26. The number of aryl methyl sites for hydroxylation is 2. The highest BCUT2D eigenvalue weighted by Gasteiger charge is 2.53. The number of furan rings is 2. The van der Waals surface area contributed by atoms with Gasteiger partial charge in [0.15, 0.2) is 11.2 Å². The summed E-state index contributed by atoms with van der Waals surface area (Å²) in [6, 6.07) is 94.0. The Labute approximate surface area is 456 Å². The molecule has 2 aromatic heterocycles. The Kier molecular flexibility index (Phi) is 9.15. The van der Waals surface area contributed by atoms with E-state index in [1.807, 2.05) is 0 Å². The zero-order chi connectivity index (χ0) is 52.1. The Morgan fingerprint density at radius 3 is 1.37 bits per heavy atom. The second-order valence-corrected chi connectivity index (χ2v) is 21.6. The molecule has 0 N–H and O–H groups in total. The second-order valence-electron chi connectivity index (χ2n) is 21.6. The Balaban J connectivity index is 0.934. The van der Waals surface area contributed by atoms with Crippen molar-refractivity contribution >= 4 is 110 Å². The molecule has 0 fully saturated rings. The maximum atomic E-state index is 6.90. The van der Waals surface area contributed by atoms with Crippen LogP contribution in [-0.4, -0.2) is 0 Å². The lowest BCUT2D eigenvalue weighted by molar-refractivity contribution is 0.665. The third-order valence-corrected chi connectivity index (χ3v) is 17.4. The molecule has 1 spiro atoms. The van der Waals surface area contributed by atoms with Gasteiger partial charge in [-0.25, -0.2) is 0 Å². The lowest BCUT2D eigenvalue weighted by Gasteiger charge is -2.32. The number of nitrogens with zero attached hydrogens (tertiary/aromatic N) is 2. The van der Waals surface area contributed by atoms with Crippen LogP contribution in [-0.2, 0) is 5.41 Å². The molecule has 2 aliphatic carbocycles. The SMILES string of the molecule is Cc1cccc2c1oc1c(N(c3ccccc3)c3ccc4cc5c(cc4c3)C3(c4ccccc4-c4ccccc43)c3c-5c4ccccc4c4cc(N(c5ccccc5)c5cccc6c5oc5c(C)cccc56)ccc34)cccc12. The first-order valence-electron chi connectivity index (χ1n) is 27.3. The van der Waals surface area contributed by atoms with Crippen molar-refractivity contribution in [3.63, 3.8) is 0 Å². The predicted octanol–water partition coefficient (Wildman–Crippen LogP) is 20.8. The molecule has 13 aromatic carbocycles. The Morgan fingerprint density at radius 1 is 0.291 bits per heavy atom. The molecule has 0 aliphatic heterocycles. The fraction of sp³-hybridized carbons (Fsp3) is 0.0400. The molecule has 370 valence electrons. The van der Waals surface area contributed by atoms with Crippen LogP contribution >= 0.6 is 0 Å². The topological polar surface area (TPSA) is 32.8 Å².